The number of rotatable bonds is 0. The number of ketones is 1. The lowest BCUT2D eigenvalue weighted by molar-refractivity contribution is -0.145. The van der Waals surface area contributed by atoms with E-state index in [0.717, 1.165) is 36.0 Å². The van der Waals surface area contributed by atoms with Crippen LogP contribution in [-0.4, -0.2) is 5.78 Å². The molecule has 0 amide bonds. The molecule has 4 rings (SSSR count). The van der Waals surface area contributed by atoms with Crippen LogP contribution in [0.1, 0.15) is 79.1 Å². The van der Waals surface area contributed by atoms with Gasteiger partial charge in [0, 0.05) is 11.8 Å². The van der Waals surface area contributed by atoms with Crippen molar-refractivity contribution in [1.29, 1.82) is 0 Å². The van der Waals surface area contributed by atoms with Gasteiger partial charge in [-0.3, -0.25) is 4.79 Å². The molecular formula is C21H34O. The molecule has 0 aliphatic heterocycles. The van der Waals surface area contributed by atoms with Crippen LogP contribution in [0.3, 0.4) is 0 Å². The second-order valence-corrected chi connectivity index (χ2v) is 9.86. The topological polar surface area (TPSA) is 17.1 Å². The average molecular weight is 303 g/mol. The first-order chi connectivity index (χ1) is 10.4. The van der Waals surface area contributed by atoms with Crippen molar-refractivity contribution in [2.45, 2.75) is 79.1 Å². The largest absolute Gasteiger partial charge is 0.299 e. The molecular weight excluding hydrogens is 268 g/mol. The Hall–Kier alpha value is -0.330. The fraction of sp³-hybridized carbons (Fsp3) is 0.952. The number of hydrogen-bond donors (Lipinski definition) is 0. The maximum Gasteiger partial charge on any atom is 0.139 e. The molecule has 8 atom stereocenters. The van der Waals surface area contributed by atoms with E-state index in [9.17, 15) is 4.79 Å². The highest BCUT2D eigenvalue weighted by Crippen LogP contribution is 2.66. The Morgan fingerprint density at radius 1 is 0.864 bits per heavy atom. The molecule has 1 nitrogen and oxygen atoms in total. The van der Waals surface area contributed by atoms with Gasteiger partial charge in [0.05, 0.1) is 0 Å². The van der Waals surface area contributed by atoms with Crippen LogP contribution in [0.2, 0.25) is 0 Å². The molecule has 124 valence electrons. The summed E-state index contributed by atoms with van der Waals surface area (Å²) in [5.41, 5.74) is 0.625. The lowest BCUT2D eigenvalue weighted by atomic mass is 9.43. The van der Waals surface area contributed by atoms with Gasteiger partial charge in [-0.25, -0.2) is 0 Å². The van der Waals surface area contributed by atoms with Gasteiger partial charge in [0.25, 0.3) is 0 Å². The third kappa shape index (κ3) is 1.80. The quantitative estimate of drug-likeness (QED) is 0.579. The van der Waals surface area contributed by atoms with E-state index in [0.29, 0.717) is 17.1 Å². The minimum Gasteiger partial charge on any atom is -0.299 e. The first-order valence-corrected chi connectivity index (χ1v) is 9.91. The van der Waals surface area contributed by atoms with Crippen molar-refractivity contribution >= 4 is 5.78 Å². The Morgan fingerprint density at radius 2 is 1.64 bits per heavy atom. The van der Waals surface area contributed by atoms with Gasteiger partial charge in [-0.15, -0.1) is 0 Å². The lowest BCUT2D eigenvalue weighted by Crippen LogP contribution is -2.55. The second kappa shape index (κ2) is 4.84. The maximum atomic E-state index is 12.5. The van der Waals surface area contributed by atoms with Crippen LogP contribution in [0, 0.1) is 46.3 Å². The van der Waals surface area contributed by atoms with Crippen LogP contribution in [0.15, 0.2) is 0 Å². The number of hydrogen-bond acceptors (Lipinski definition) is 1. The number of carbonyl (C=O) groups is 1. The van der Waals surface area contributed by atoms with Gasteiger partial charge >= 0.3 is 0 Å². The Balaban J connectivity index is 1.65. The van der Waals surface area contributed by atoms with E-state index in [1.54, 1.807) is 0 Å². The van der Waals surface area contributed by atoms with Gasteiger partial charge < -0.3 is 0 Å². The third-order valence-electron chi connectivity index (χ3n) is 9.32. The smallest absolute Gasteiger partial charge is 0.139 e. The van der Waals surface area contributed by atoms with E-state index in [1.807, 2.05) is 0 Å². The maximum absolute atomic E-state index is 12.5. The zero-order valence-electron chi connectivity index (χ0n) is 15.0. The molecule has 22 heavy (non-hydrogen) atoms. The Kier molecular flexibility index (Phi) is 3.34. The normalized spacial score (nSPS) is 57.9. The second-order valence-electron chi connectivity index (χ2n) is 9.86. The molecule has 4 saturated carbocycles. The summed E-state index contributed by atoms with van der Waals surface area (Å²) in [4.78, 5) is 12.5. The molecule has 0 aromatic carbocycles. The van der Waals surface area contributed by atoms with Crippen molar-refractivity contribution in [3.05, 3.63) is 0 Å². The van der Waals surface area contributed by atoms with E-state index < -0.39 is 0 Å². The monoisotopic (exact) mass is 302 g/mol. The Morgan fingerprint density at radius 3 is 2.41 bits per heavy atom. The van der Waals surface area contributed by atoms with E-state index >= 15 is 0 Å². The van der Waals surface area contributed by atoms with Crippen LogP contribution in [-0.2, 0) is 4.79 Å². The molecule has 4 aliphatic carbocycles. The van der Waals surface area contributed by atoms with Gasteiger partial charge in [-0.05, 0) is 85.9 Å². The molecule has 0 heterocycles. The summed E-state index contributed by atoms with van der Waals surface area (Å²) < 4.78 is 0. The minimum atomic E-state index is 0.0535. The van der Waals surface area contributed by atoms with E-state index in [1.165, 1.54) is 44.9 Å². The van der Waals surface area contributed by atoms with Gasteiger partial charge in [0.2, 0.25) is 0 Å². The van der Waals surface area contributed by atoms with Crippen molar-refractivity contribution < 1.29 is 4.79 Å². The van der Waals surface area contributed by atoms with E-state index in [-0.39, 0.29) is 5.41 Å². The summed E-state index contributed by atoms with van der Waals surface area (Å²) in [5, 5.41) is 0. The van der Waals surface area contributed by atoms with Crippen LogP contribution < -0.4 is 0 Å². The van der Waals surface area contributed by atoms with Crippen LogP contribution in [0.5, 0.6) is 0 Å². The number of carbonyl (C=O) groups excluding carboxylic acids is 1. The minimum absolute atomic E-state index is 0.0535. The zero-order chi connectivity index (χ0) is 15.7. The average Bonchev–Trinajstić information content (AvgIpc) is 2.79. The predicted octanol–water partition coefficient (Wildman–Crippen LogP) is 5.48. The van der Waals surface area contributed by atoms with Crippen LogP contribution >= 0.6 is 0 Å². The predicted molar refractivity (Wildman–Crippen MR) is 90.4 cm³/mol. The molecule has 0 aromatic rings. The fourth-order valence-corrected chi connectivity index (χ4v) is 7.69. The van der Waals surface area contributed by atoms with Gasteiger partial charge in [-0.1, -0.05) is 27.7 Å². The lowest BCUT2D eigenvalue weighted by Gasteiger charge is -2.61. The molecule has 1 heteroatoms. The molecule has 0 spiro atoms. The summed E-state index contributed by atoms with van der Waals surface area (Å²) in [7, 11) is 0. The van der Waals surface area contributed by atoms with Crippen molar-refractivity contribution in [3.63, 3.8) is 0 Å². The SMILES string of the molecule is C[C@@H]1[C@@H](C)CC[C@@]2(C)[C@H]1CC[C@@H]1[C@@H]2CC[C@]2(C)C(=O)CC[C@@H]12. The standard InChI is InChI=1S/C21H34O/c1-13-9-11-20(3)16(14(13)2)6-5-15-17-7-8-19(22)21(17,4)12-10-18(15)20/h13-18H,5-12H2,1-4H3/t13-,14+,15-,16-,17-,18-,20-,21-/m0/s1. The van der Waals surface area contributed by atoms with Crippen molar-refractivity contribution in [3.8, 4) is 0 Å². The highest BCUT2D eigenvalue weighted by molar-refractivity contribution is 5.87. The molecule has 0 aromatic heterocycles. The molecule has 0 radical (unpaired) electrons. The van der Waals surface area contributed by atoms with Crippen LogP contribution in [0.25, 0.3) is 0 Å². The fourth-order valence-electron chi connectivity index (χ4n) is 7.69. The summed E-state index contributed by atoms with van der Waals surface area (Å²) in [6.07, 6.45) is 10.3. The van der Waals surface area contributed by atoms with Crippen LogP contribution in [0.4, 0.5) is 0 Å². The Labute approximate surface area is 136 Å². The van der Waals surface area contributed by atoms with E-state index in [2.05, 4.69) is 27.7 Å². The summed E-state index contributed by atoms with van der Waals surface area (Å²) in [5.74, 6) is 5.82. The number of fused-ring (bicyclic) bond motifs is 5. The highest BCUT2D eigenvalue weighted by atomic mass is 16.1. The molecule has 0 saturated heterocycles. The Bertz CT molecular complexity index is 482. The highest BCUT2D eigenvalue weighted by Gasteiger charge is 2.60. The number of Topliss-reactive ketones (excluding diaryl/α,β-unsaturated/α-hetero) is 1. The van der Waals surface area contributed by atoms with Crippen molar-refractivity contribution in [2.24, 2.45) is 46.3 Å². The molecule has 4 fully saturated rings. The van der Waals surface area contributed by atoms with Gasteiger partial charge in [0.1, 0.15) is 5.78 Å². The molecule has 0 N–H and O–H groups in total. The first-order valence-electron chi connectivity index (χ1n) is 9.91. The van der Waals surface area contributed by atoms with Crippen molar-refractivity contribution in [1.82, 2.24) is 0 Å². The van der Waals surface area contributed by atoms with Gasteiger partial charge in [-0.2, -0.15) is 0 Å². The van der Waals surface area contributed by atoms with Crippen molar-refractivity contribution in [2.75, 3.05) is 0 Å². The summed E-state index contributed by atoms with van der Waals surface area (Å²) in [6.45, 7) is 9.95. The molecule has 0 bridgehead atoms. The molecule has 0 unspecified atom stereocenters. The van der Waals surface area contributed by atoms with Gasteiger partial charge in [0.15, 0.2) is 0 Å². The third-order valence-corrected chi connectivity index (χ3v) is 9.32. The van der Waals surface area contributed by atoms with E-state index in [4.69, 9.17) is 0 Å². The first kappa shape index (κ1) is 15.2. The summed E-state index contributed by atoms with van der Waals surface area (Å²) >= 11 is 0. The zero-order valence-corrected chi connectivity index (χ0v) is 15.0. The molecule has 4 aliphatic rings. The summed E-state index contributed by atoms with van der Waals surface area (Å²) in [6, 6.07) is 0.